The summed E-state index contributed by atoms with van der Waals surface area (Å²) in [7, 11) is -3.79. The third-order valence-electron chi connectivity index (χ3n) is 2.19. The molecule has 0 atom stereocenters. The highest BCUT2D eigenvalue weighted by molar-refractivity contribution is 7.93. The fraction of sp³-hybridized carbons (Fsp3) is 0.125. The number of aromatic nitrogens is 3. The van der Waals surface area contributed by atoms with Crippen LogP contribution in [0, 0.1) is 6.92 Å². The molecule has 1 aromatic carbocycles. The van der Waals surface area contributed by atoms with Crippen molar-refractivity contribution in [2.75, 3.05) is 10.5 Å². The Labute approximate surface area is 112 Å². The Morgan fingerprint density at radius 3 is 2.72 bits per heavy atom. The largest absolute Gasteiger partial charge is 0.398 e. The van der Waals surface area contributed by atoms with E-state index in [-0.39, 0.29) is 15.0 Å². The summed E-state index contributed by atoms with van der Waals surface area (Å²) in [5.41, 5.74) is 6.61. The van der Waals surface area contributed by atoms with Gasteiger partial charge in [-0.05, 0) is 29.8 Å². The molecule has 0 unspecified atom stereocenters. The Bertz CT molecular complexity index is 648. The van der Waals surface area contributed by atoms with Gasteiger partial charge in [0.25, 0.3) is 10.0 Å². The van der Waals surface area contributed by atoms with E-state index in [2.05, 4.69) is 19.5 Å². The lowest BCUT2D eigenvalue weighted by atomic mass is 10.2. The molecule has 96 valence electrons. The van der Waals surface area contributed by atoms with Gasteiger partial charge in [0.2, 0.25) is 5.13 Å². The molecule has 0 saturated heterocycles. The van der Waals surface area contributed by atoms with Gasteiger partial charge < -0.3 is 5.73 Å². The van der Waals surface area contributed by atoms with Crippen LogP contribution in [-0.2, 0) is 10.0 Å². The molecule has 1 heterocycles. The average molecular weight is 306 g/mol. The molecule has 2 rings (SSSR count). The van der Waals surface area contributed by atoms with Crippen LogP contribution in [-0.4, -0.2) is 23.2 Å². The molecule has 0 radical (unpaired) electrons. The second-order valence-electron chi connectivity index (χ2n) is 3.39. The zero-order chi connectivity index (χ0) is 13.3. The second-order valence-corrected chi connectivity index (χ2v) is 6.21. The molecular weight excluding hydrogens is 298 g/mol. The Kier molecular flexibility index (Phi) is 3.37. The Balaban J connectivity index is 2.42. The van der Waals surface area contributed by atoms with Crippen LogP contribution in [0.1, 0.15) is 5.56 Å². The van der Waals surface area contributed by atoms with Crippen LogP contribution in [0.4, 0.5) is 10.8 Å². The Morgan fingerprint density at radius 2 is 2.17 bits per heavy atom. The molecule has 1 aromatic heterocycles. The number of sulfonamides is 1. The van der Waals surface area contributed by atoms with Gasteiger partial charge in [0, 0.05) is 22.2 Å². The van der Waals surface area contributed by atoms with Crippen molar-refractivity contribution in [2.45, 2.75) is 11.8 Å². The summed E-state index contributed by atoms with van der Waals surface area (Å²) in [6.45, 7) is 1.70. The summed E-state index contributed by atoms with van der Waals surface area (Å²) in [6, 6.07) is 2.65. The van der Waals surface area contributed by atoms with Crippen molar-refractivity contribution >= 4 is 44.0 Å². The van der Waals surface area contributed by atoms with Crippen LogP contribution >= 0.6 is 23.1 Å². The first-order chi connectivity index (χ1) is 8.40. The van der Waals surface area contributed by atoms with Crippen molar-refractivity contribution in [3.63, 3.8) is 0 Å². The minimum absolute atomic E-state index is 0.0363. The number of halogens is 1. The molecule has 10 heteroatoms. The quantitative estimate of drug-likeness (QED) is 0.826. The maximum atomic E-state index is 12.0. The smallest absolute Gasteiger partial charge is 0.263 e. The highest BCUT2D eigenvalue weighted by atomic mass is 35.5. The summed E-state index contributed by atoms with van der Waals surface area (Å²) >= 11 is 6.73. The lowest BCUT2D eigenvalue weighted by Gasteiger charge is -2.08. The molecule has 7 nitrogen and oxygen atoms in total. The van der Waals surface area contributed by atoms with E-state index < -0.39 is 10.0 Å². The van der Waals surface area contributed by atoms with Crippen LogP contribution in [0.3, 0.4) is 0 Å². The summed E-state index contributed by atoms with van der Waals surface area (Å²) < 4.78 is 29.7. The Hall–Kier alpha value is -1.45. The van der Waals surface area contributed by atoms with E-state index in [0.717, 1.165) is 11.5 Å². The lowest BCUT2D eigenvalue weighted by Crippen LogP contribution is -2.13. The zero-order valence-corrected chi connectivity index (χ0v) is 11.5. The van der Waals surface area contributed by atoms with Gasteiger partial charge in [0.1, 0.15) is 0 Å². The number of hydrogen-bond donors (Lipinski definition) is 2. The highest BCUT2D eigenvalue weighted by Gasteiger charge is 2.18. The summed E-state index contributed by atoms with van der Waals surface area (Å²) in [5.74, 6) is 0. The fourth-order valence-electron chi connectivity index (χ4n) is 1.18. The molecule has 2 aromatic rings. The van der Waals surface area contributed by atoms with Crippen LogP contribution in [0.5, 0.6) is 0 Å². The fourth-order valence-corrected chi connectivity index (χ4v) is 3.11. The standard InChI is InChI=1S/C8H8ClN5O2S2/c1-4-6(9)2-5(3-7(4)10)18(15,16)12-8-11-13-14-17-8/h2-3H,10H2,1H3,(H,11,12,14). The minimum atomic E-state index is -3.79. The van der Waals surface area contributed by atoms with Gasteiger partial charge >= 0.3 is 0 Å². The van der Waals surface area contributed by atoms with Gasteiger partial charge in [-0.2, -0.15) is 0 Å². The highest BCUT2D eigenvalue weighted by Crippen LogP contribution is 2.27. The molecule has 0 fully saturated rings. The summed E-state index contributed by atoms with van der Waals surface area (Å²) in [6.07, 6.45) is 0. The van der Waals surface area contributed by atoms with Gasteiger partial charge in [-0.1, -0.05) is 21.2 Å². The molecule has 0 bridgehead atoms. The number of rotatable bonds is 3. The van der Waals surface area contributed by atoms with Gasteiger partial charge in [-0.3, -0.25) is 4.72 Å². The van der Waals surface area contributed by atoms with Crippen LogP contribution in [0.25, 0.3) is 0 Å². The van der Waals surface area contributed by atoms with E-state index in [9.17, 15) is 8.42 Å². The monoisotopic (exact) mass is 305 g/mol. The van der Waals surface area contributed by atoms with E-state index >= 15 is 0 Å². The molecule has 0 aliphatic carbocycles. The van der Waals surface area contributed by atoms with Crippen molar-refractivity contribution in [3.05, 3.63) is 22.7 Å². The first-order valence-corrected chi connectivity index (χ1v) is 7.27. The Morgan fingerprint density at radius 1 is 1.44 bits per heavy atom. The third kappa shape index (κ3) is 2.52. The van der Waals surface area contributed by atoms with Crippen LogP contribution < -0.4 is 10.5 Å². The van der Waals surface area contributed by atoms with Gasteiger partial charge in [0.05, 0.1) is 4.90 Å². The number of nitrogens with zero attached hydrogens (tertiary/aromatic N) is 3. The number of anilines is 2. The van der Waals surface area contributed by atoms with Crippen LogP contribution in [0.15, 0.2) is 17.0 Å². The predicted molar refractivity (Wildman–Crippen MR) is 69.1 cm³/mol. The molecule has 3 N–H and O–H groups in total. The number of nitrogen functional groups attached to an aromatic ring is 1. The summed E-state index contributed by atoms with van der Waals surface area (Å²) in [5, 5.41) is 7.14. The van der Waals surface area contributed by atoms with E-state index in [1.54, 1.807) is 6.92 Å². The molecule has 0 aliphatic rings. The average Bonchev–Trinajstić information content (AvgIpc) is 2.77. The SMILES string of the molecule is Cc1c(N)cc(S(=O)(=O)Nc2nnns2)cc1Cl. The lowest BCUT2D eigenvalue weighted by molar-refractivity contribution is 0.601. The van der Waals surface area contributed by atoms with Crippen molar-refractivity contribution < 1.29 is 8.42 Å². The van der Waals surface area contributed by atoms with Gasteiger partial charge in [-0.25, -0.2) is 8.42 Å². The zero-order valence-electron chi connectivity index (χ0n) is 9.08. The van der Waals surface area contributed by atoms with E-state index in [4.69, 9.17) is 17.3 Å². The molecule has 18 heavy (non-hydrogen) atoms. The second kappa shape index (κ2) is 4.67. The molecule has 0 spiro atoms. The number of nitrogens with one attached hydrogen (secondary N) is 1. The van der Waals surface area contributed by atoms with Crippen molar-refractivity contribution in [3.8, 4) is 0 Å². The van der Waals surface area contributed by atoms with E-state index in [1.165, 1.54) is 12.1 Å². The predicted octanol–water partition coefficient (Wildman–Crippen LogP) is 1.28. The maximum Gasteiger partial charge on any atom is 0.263 e. The van der Waals surface area contributed by atoms with Gasteiger partial charge in [0.15, 0.2) is 0 Å². The van der Waals surface area contributed by atoms with Crippen molar-refractivity contribution in [1.82, 2.24) is 14.8 Å². The number of nitrogens with two attached hydrogens (primary N) is 1. The number of benzene rings is 1. The van der Waals surface area contributed by atoms with E-state index in [1.807, 2.05) is 0 Å². The topological polar surface area (TPSA) is 111 Å². The third-order valence-corrected chi connectivity index (χ3v) is 4.54. The summed E-state index contributed by atoms with van der Waals surface area (Å²) in [4.78, 5) is -0.0363. The van der Waals surface area contributed by atoms with E-state index in [0.29, 0.717) is 11.3 Å². The van der Waals surface area contributed by atoms with Crippen molar-refractivity contribution in [1.29, 1.82) is 0 Å². The first kappa shape index (κ1) is 13.0. The minimum Gasteiger partial charge on any atom is -0.398 e. The maximum absolute atomic E-state index is 12.0. The van der Waals surface area contributed by atoms with Gasteiger partial charge in [-0.15, -0.1) is 0 Å². The molecule has 0 amide bonds. The molecule has 0 aliphatic heterocycles. The normalized spacial score (nSPS) is 11.4. The first-order valence-electron chi connectivity index (χ1n) is 4.63. The number of hydrogen-bond acceptors (Lipinski definition) is 7. The molecular formula is C8H8ClN5O2S2. The van der Waals surface area contributed by atoms with Crippen molar-refractivity contribution in [2.24, 2.45) is 0 Å². The van der Waals surface area contributed by atoms with Crippen LogP contribution in [0.2, 0.25) is 5.02 Å². The molecule has 0 saturated carbocycles.